The first-order chi connectivity index (χ1) is 15.5. The molecule has 2 amide bonds. The maximum atomic E-state index is 12.1. The summed E-state index contributed by atoms with van der Waals surface area (Å²) in [4.78, 5) is 32.6. The van der Waals surface area contributed by atoms with Crippen molar-refractivity contribution in [2.75, 3.05) is 19.6 Å². The number of rotatable bonds is 4. The van der Waals surface area contributed by atoms with E-state index in [-0.39, 0.29) is 17.5 Å². The molecule has 0 spiro atoms. The van der Waals surface area contributed by atoms with Crippen LogP contribution in [0.25, 0.3) is 33.7 Å². The molecular formula is C23H21N5O4. The van der Waals surface area contributed by atoms with Crippen molar-refractivity contribution in [3.05, 3.63) is 66.0 Å². The summed E-state index contributed by atoms with van der Waals surface area (Å²) in [5.41, 5.74) is 8.79. The van der Waals surface area contributed by atoms with Crippen molar-refractivity contribution < 1.29 is 19.1 Å². The summed E-state index contributed by atoms with van der Waals surface area (Å²) in [5.74, 6) is -0.103. The molecule has 2 aromatic heterocycles. The van der Waals surface area contributed by atoms with E-state index in [1.165, 1.54) is 4.90 Å². The molecule has 0 bridgehead atoms. The van der Waals surface area contributed by atoms with Gasteiger partial charge in [0.2, 0.25) is 5.89 Å². The summed E-state index contributed by atoms with van der Waals surface area (Å²) in [5, 5.41) is 13.6. The number of nitrogens with two attached hydrogens (primary N) is 1. The number of nitrogens with zero attached hydrogens (tertiary/aromatic N) is 2. The summed E-state index contributed by atoms with van der Waals surface area (Å²) in [6.45, 7) is 1.58. The number of aromatic nitrogens is 2. The molecule has 2 aromatic carbocycles. The monoisotopic (exact) mass is 431 g/mol. The lowest BCUT2D eigenvalue weighted by Crippen LogP contribution is -2.48. The maximum absolute atomic E-state index is 12.1. The fraction of sp³-hybridized carbons (Fsp3) is 0.174. The van der Waals surface area contributed by atoms with E-state index in [0.29, 0.717) is 31.1 Å². The highest BCUT2D eigenvalue weighted by atomic mass is 16.4. The molecule has 9 nitrogen and oxygen atoms in total. The first-order valence-corrected chi connectivity index (χ1v) is 10.2. The smallest absolute Gasteiger partial charge is 0.407 e. The van der Waals surface area contributed by atoms with Crippen LogP contribution in [0.1, 0.15) is 22.1 Å². The third-order valence-corrected chi connectivity index (χ3v) is 5.73. The zero-order chi connectivity index (χ0) is 22.2. The average Bonchev–Trinajstić information content (AvgIpc) is 3.46. The van der Waals surface area contributed by atoms with Gasteiger partial charge in [-0.3, -0.25) is 9.69 Å². The Morgan fingerprint density at radius 3 is 2.72 bits per heavy atom. The molecule has 0 radical (unpaired) electrons. The predicted molar refractivity (Wildman–Crippen MR) is 118 cm³/mol. The molecule has 0 saturated carbocycles. The Balaban J connectivity index is 1.53. The molecule has 1 fully saturated rings. The number of aromatic amines is 1. The molecule has 9 heteroatoms. The van der Waals surface area contributed by atoms with Crippen molar-refractivity contribution in [2.24, 2.45) is 5.73 Å². The van der Waals surface area contributed by atoms with E-state index >= 15 is 0 Å². The van der Waals surface area contributed by atoms with E-state index in [4.69, 9.17) is 10.2 Å². The average molecular weight is 431 g/mol. The number of amides is 2. The fourth-order valence-corrected chi connectivity index (χ4v) is 4.16. The van der Waals surface area contributed by atoms with E-state index in [1.807, 2.05) is 42.6 Å². The van der Waals surface area contributed by atoms with Gasteiger partial charge in [-0.15, -0.1) is 0 Å². The highest BCUT2D eigenvalue weighted by Gasteiger charge is 2.28. The van der Waals surface area contributed by atoms with Crippen LogP contribution >= 0.6 is 0 Å². The predicted octanol–water partition coefficient (Wildman–Crippen LogP) is 3.21. The molecule has 0 aliphatic carbocycles. The molecule has 1 unspecified atom stereocenters. The molecule has 1 aliphatic heterocycles. The minimum atomic E-state index is -0.949. The van der Waals surface area contributed by atoms with E-state index < -0.39 is 12.0 Å². The lowest BCUT2D eigenvalue weighted by Gasteiger charge is -2.34. The van der Waals surface area contributed by atoms with Crippen molar-refractivity contribution in [1.82, 2.24) is 20.2 Å². The topological polar surface area (TPSA) is 137 Å². The number of carbonyl (C=O) groups excluding carboxylic acids is 1. The minimum absolute atomic E-state index is 0.0479. The van der Waals surface area contributed by atoms with Gasteiger partial charge >= 0.3 is 6.09 Å². The van der Waals surface area contributed by atoms with E-state index in [0.717, 1.165) is 22.0 Å². The Morgan fingerprint density at radius 1 is 1.16 bits per heavy atom. The Bertz CT molecular complexity index is 1310. The second-order valence-electron chi connectivity index (χ2n) is 7.62. The normalized spacial score (nSPS) is 16.4. The molecule has 3 heterocycles. The highest BCUT2D eigenvalue weighted by Crippen LogP contribution is 2.34. The number of hydrogen-bond donors (Lipinski definition) is 4. The molecule has 1 aliphatic rings. The third kappa shape index (κ3) is 3.38. The van der Waals surface area contributed by atoms with Crippen LogP contribution in [-0.4, -0.2) is 51.6 Å². The summed E-state index contributed by atoms with van der Waals surface area (Å²) in [7, 11) is 0. The van der Waals surface area contributed by atoms with Crippen LogP contribution in [0.2, 0.25) is 0 Å². The SMILES string of the molecule is NC(=O)c1nc(-c2cccc3[nH]ccc23)oc1-c1ccc(C2CNCCN2C(=O)O)cc1. The van der Waals surface area contributed by atoms with E-state index in [2.05, 4.69) is 15.3 Å². The van der Waals surface area contributed by atoms with Crippen molar-refractivity contribution >= 4 is 22.9 Å². The quantitative estimate of drug-likeness (QED) is 0.391. The van der Waals surface area contributed by atoms with Crippen molar-refractivity contribution in [3.8, 4) is 22.8 Å². The number of piperazine rings is 1. The Hall–Kier alpha value is -4.11. The molecule has 1 atom stereocenters. The van der Waals surface area contributed by atoms with Gasteiger partial charge < -0.3 is 25.6 Å². The van der Waals surface area contributed by atoms with Crippen LogP contribution in [-0.2, 0) is 0 Å². The van der Waals surface area contributed by atoms with Gasteiger partial charge in [0, 0.05) is 47.9 Å². The number of hydrogen-bond acceptors (Lipinski definition) is 5. The standard InChI is InChI=1S/C23H21N5O4/c24-21(29)19-20(32-22(27-19)16-2-1-3-17-15(16)8-9-26-17)14-6-4-13(5-7-14)18-12-25-10-11-28(18)23(30)31/h1-9,18,25-26H,10-12H2,(H2,24,29)(H,30,31). The van der Waals surface area contributed by atoms with Gasteiger partial charge in [0.25, 0.3) is 5.91 Å². The van der Waals surface area contributed by atoms with Gasteiger partial charge in [0.05, 0.1) is 6.04 Å². The number of carboxylic acid groups (broad SMARTS) is 1. The number of benzene rings is 2. The van der Waals surface area contributed by atoms with E-state index in [1.54, 1.807) is 12.1 Å². The summed E-state index contributed by atoms with van der Waals surface area (Å²) >= 11 is 0. The van der Waals surface area contributed by atoms with Crippen LogP contribution in [0, 0.1) is 0 Å². The molecule has 4 aromatic rings. The number of H-pyrrole nitrogens is 1. The first-order valence-electron chi connectivity index (χ1n) is 10.2. The van der Waals surface area contributed by atoms with Gasteiger partial charge in [-0.05, 0) is 23.8 Å². The van der Waals surface area contributed by atoms with E-state index in [9.17, 15) is 14.7 Å². The summed E-state index contributed by atoms with van der Waals surface area (Å²) in [6, 6.07) is 14.6. The lowest BCUT2D eigenvalue weighted by molar-refractivity contribution is 0.0996. The van der Waals surface area contributed by atoms with Crippen LogP contribution in [0.15, 0.2) is 59.1 Å². The number of carbonyl (C=O) groups is 2. The van der Waals surface area contributed by atoms with Crippen molar-refractivity contribution in [1.29, 1.82) is 0 Å². The van der Waals surface area contributed by atoms with Gasteiger partial charge in [0.1, 0.15) is 0 Å². The molecule has 1 saturated heterocycles. The number of primary amides is 1. The van der Waals surface area contributed by atoms with Crippen molar-refractivity contribution in [2.45, 2.75) is 6.04 Å². The van der Waals surface area contributed by atoms with Gasteiger partial charge in [-0.25, -0.2) is 9.78 Å². The molecular weight excluding hydrogens is 410 g/mol. The molecule has 32 heavy (non-hydrogen) atoms. The molecule has 5 rings (SSSR count). The zero-order valence-electron chi connectivity index (χ0n) is 17.0. The van der Waals surface area contributed by atoms with Gasteiger partial charge in [0.15, 0.2) is 11.5 Å². The zero-order valence-corrected chi connectivity index (χ0v) is 17.0. The van der Waals surface area contributed by atoms with Gasteiger partial charge in [-0.2, -0.15) is 0 Å². The second-order valence-corrected chi connectivity index (χ2v) is 7.62. The number of oxazole rings is 1. The summed E-state index contributed by atoms with van der Waals surface area (Å²) in [6.07, 6.45) is 0.877. The Morgan fingerprint density at radius 2 is 1.97 bits per heavy atom. The molecule has 5 N–H and O–H groups in total. The third-order valence-electron chi connectivity index (χ3n) is 5.73. The van der Waals surface area contributed by atoms with Crippen molar-refractivity contribution in [3.63, 3.8) is 0 Å². The summed E-state index contributed by atoms with van der Waals surface area (Å²) < 4.78 is 6.03. The number of fused-ring (bicyclic) bond motifs is 1. The minimum Gasteiger partial charge on any atom is -0.465 e. The van der Waals surface area contributed by atoms with Crippen LogP contribution < -0.4 is 11.1 Å². The fourth-order valence-electron chi connectivity index (χ4n) is 4.16. The molecule has 162 valence electrons. The van der Waals surface area contributed by atoms with Crippen LogP contribution in [0.5, 0.6) is 0 Å². The number of nitrogens with one attached hydrogen (secondary N) is 2. The van der Waals surface area contributed by atoms with Gasteiger partial charge in [-0.1, -0.05) is 30.3 Å². The van der Waals surface area contributed by atoms with Crippen LogP contribution in [0.4, 0.5) is 4.79 Å². The maximum Gasteiger partial charge on any atom is 0.407 e. The highest BCUT2D eigenvalue weighted by molar-refractivity contribution is 5.99. The first kappa shape index (κ1) is 19.8. The largest absolute Gasteiger partial charge is 0.465 e. The Labute approximate surface area is 182 Å². The Kier molecular flexibility index (Phi) is 4.87. The van der Waals surface area contributed by atoms with Crippen LogP contribution in [0.3, 0.4) is 0 Å². The lowest BCUT2D eigenvalue weighted by atomic mass is 10.0. The second kappa shape index (κ2) is 7.86.